The first-order valence-corrected chi connectivity index (χ1v) is 14.0. The average molecular weight is 496 g/mol. The van der Waals surface area contributed by atoms with Crippen LogP contribution in [0.4, 0.5) is 0 Å². The van der Waals surface area contributed by atoms with Gasteiger partial charge in [-0.15, -0.1) is 0 Å². The molecule has 0 aliphatic carbocycles. The summed E-state index contributed by atoms with van der Waals surface area (Å²) in [5.41, 5.74) is 1.21. The van der Waals surface area contributed by atoms with Crippen LogP contribution < -0.4 is 5.32 Å². The number of halogens is 1. The van der Waals surface area contributed by atoms with E-state index >= 15 is 0 Å². The Kier molecular flexibility index (Phi) is 15.9. The van der Waals surface area contributed by atoms with Crippen molar-refractivity contribution in [2.24, 2.45) is 0 Å². The van der Waals surface area contributed by atoms with E-state index in [4.69, 9.17) is 28.6 Å². The van der Waals surface area contributed by atoms with Crippen LogP contribution in [0.3, 0.4) is 0 Å². The van der Waals surface area contributed by atoms with Crippen molar-refractivity contribution in [1.82, 2.24) is 15.1 Å². The number of morpholine rings is 1. The normalized spacial score (nSPS) is 14.4. The predicted molar refractivity (Wildman–Crippen MR) is 146 cm³/mol. The van der Waals surface area contributed by atoms with E-state index in [1.165, 1.54) is 69.8 Å². The molecule has 0 aromatic heterocycles. The summed E-state index contributed by atoms with van der Waals surface area (Å²) in [5, 5.41) is 5.17. The van der Waals surface area contributed by atoms with E-state index in [1.54, 1.807) is 0 Å². The van der Waals surface area contributed by atoms with Gasteiger partial charge in [0.05, 0.1) is 13.2 Å². The monoisotopic (exact) mass is 495 g/mol. The van der Waals surface area contributed by atoms with Crippen molar-refractivity contribution in [2.75, 3.05) is 45.9 Å². The van der Waals surface area contributed by atoms with Gasteiger partial charge in [0.15, 0.2) is 5.11 Å². The second-order valence-electron chi connectivity index (χ2n) is 9.27. The molecule has 1 aromatic rings. The number of thiocarbonyl (C=S) groups is 1. The molecule has 1 saturated heterocycles. The van der Waals surface area contributed by atoms with E-state index < -0.39 is 0 Å². The topological polar surface area (TPSA) is 27.7 Å². The first-order valence-electron chi connectivity index (χ1n) is 13.3. The highest BCUT2D eigenvalue weighted by molar-refractivity contribution is 7.80. The first kappa shape index (κ1) is 28.4. The number of hydrogen-bond donors (Lipinski definition) is 1. The highest BCUT2D eigenvalue weighted by atomic mass is 35.5. The summed E-state index contributed by atoms with van der Waals surface area (Å²) in [6, 6.07) is 8.12. The molecule has 0 saturated carbocycles. The van der Waals surface area contributed by atoms with Crippen LogP contribution in [0.1, 0.15) is 83.1 Å². The molecule has 1 fully saturated rings. The molecule has 1 aliphatic rings. The molecule has 1 N–H and O–H groups in total. The number of hydrogen-bond acceptors (Lipinski definition) is 3. The maximum absolute atomic E-state index is 6.21. The lowest BCUT2D eigenvalue weighted by Gasteiger charge is -2.29. The molecule has 0 amide bonds. The van der Waals surface area contributed by atoms with Crippen molar-refractivity contribution >= 4 is 28.9 Å². The van der Waals surface area contributed by atoms with Crippen molar-refractivity contribution in [3.63, 3.8) is 0 Å². The number of benzene rings is 1. The Morgan fingerprint density at radius 2 is 1.67 bits per heavy atom. The van der Waals surface area contributed by atoms with E-state index in [9.17, 15) is 0 Å². The number of nitrogens with one attached hydrogen (secondary N) is 1. The van der Waals surface area contributed by atoms with Crippen LogP contribution in [-0.2, 0) is 11.3 Å². The number of rotatable bonds is 17. The van der Waals surface area contributed by atoms with Crippen molar-refractivity contribution in [1.29, 1.82) is 0 Å². The fraction of sp³-hybridized carbons (Fsp3) is 0.741. The Balaban J connectivity index is 1.65. The molecule has 4 nitrogen and oxygen atoms in total. The van der Waals surface area contributed by atoms with Crippen LogP contribution in [0, 0.1) is 0 Å². The quantitative estimate of drug-likeness (QED) is 0.192. The SMILES string of the molecule is CCCCCCCCCCCCNC(=S)N(CCCN1CCOCC1)Cc1cccc(Cl)c1. The summed E-state index contributed by atoms with van der Waals surface area (Å²) < 4.78 is 5.47. The highest BCUT2D eigenvalue weighted by Gasteiger charge is 2.13. The maximum atomic E-state index is 6.21. The standard InChI is InChI=1S/C27H46ClN3OS/c1-2-3-4-5-6-7-8-9-10-11-16-29-27(33)31(24-25-14-12-15-26(28)23-25)18-13-17-30-19-21-32-22-20-30/h12,14-15,23H,2-11,13,16-22,24H2,1H3,(H,29,33). The largest absolute Gasteiger partial charge is 0.379 e. The first-order chi connectivity index (χ1) is 16.2. The lowest BCUT2D eigenvalue weighted by Crippen LogP contribution is -2.42. The summed E-state index contributed by atoms with van der Waals surface area (Å²) in [4.78, 5) is 4.79. The van der Waals surface area contributed by atoms with Crippen LogP contribution in [0.5, 0.6) is 0 Å². The van der Waals surface area contributed by atoms with Gasteiger partial charge in [0.2, 0.25) is 0 Å². The third-order valence-electron chi connectivity index (χ3n) is 6.36. The third-order valence-corrected chi connectivity index (χ3v) is 7.00. The van der Waals surface area contributed by atoms with E-state index in [-0.39, 0.29) is 0 Å². The Bertz CT molecular complexity index is 640. The van der Waals surface area contributed by atoms with Gasteiger partial charge >= 0.3 is 0 Å². The molecule has 0 bridgehead atoms. The number of ether oxygens (including phenoxy) is 1. The van der Waals surface area contributed by atoms with Gasteiger partial charge in [0.25, 0.3) is 0 Å². The zero-order valence-corrected chi connectivity index (χ0v) is 22.4. The molecule has 0 spiro atoms. The summed E-state index contributed by atoms with van der Waals surface area (Å²) in [7, 11) is 0. The molecule has 188 valence electrons. The zero-order valence-electron chi connectivity index (χ0n) is 20.8. The van der Waals surface area contributed by atoms with Gasteiger partial charge < -0.3 is 15.0 Å². The van der Waals surface area contributed by atoms with Crippen LogP contribution >= 0.6 is 23.8 Å². The molecule has 0 unspecified atom stereocenters. The maximum Gasteiger partial charge on any atom is 0.169 e. The minimum Gasteiger partial charge on any atom is -0.379 e. The van der Waals surface area contributed by atoms with Gasteiger partial charge in [-0.25, -0.2) is 0 Å². The van der Waals surface area contributed by atoms with Crippen molar-refractivity contribution < 1.29 is 4.74 Å². The van der Waals surface area contributed by atoms with Gasteiger partial charge in [0, 0.05) is 44.3 Å². The zero-order chi connectivity index (χ0) is 23.6. The fourth-order valence-electron chi connectivity index (χ4n) is 4.34. The van der Waals surface area contributed by atoms with Crippen molar-refractivity contribution in [2.45, 2.75) is 84.1 Å². The summed E-state index contributed by atoms with van der Waals surface area (Å²) in [5.74, 6) is 0. The van der Waals surface area contributed by atoms with E-state index in [0.717, 1.165) is 69.0 Å². The van der Waals surface area contributed by atoms with Gasteiger partial charge in [-0.2, -0.15) is 0 Å². The van der Waals surface area contributed by atoms with E-state index in [0.29, 0.717) is 0 Å². The Labute approximate surface area is 213 Å². The molecule has 1 heterocycles. The summed E-state index contributed by atoms with van der Waals surface area (Å²) in [6.45, 7) is 9.87. The van der Waals surface area contributed by atoms with Crippen LogP contribution in [-0.4, -0.2) is 60.8 Å². The second-order valence-corrected chi connectivity index (χ2v) is 10.1. The summed E-state index contributed by atoms with van der Waals surface area (Å²) >= 11 is 12.0. The van der Waals surface area contributed by atoms with Crippen LogP contribution in [0.15, 0.2) is 24.3 Å². The summed E-state index contributed by atoms with van der Waals surface area (Å²) in [6.07, 6.45) is 14.6. The van der Waals surface area contributed by atoms with Gasteiger partial charge in [-0.3, -0.25) is 4.90 Å². The van der Waals surface area contributed by atoms with Gasteiger partial charge in [0.1, 0.15) is 0 Å². The lowest BCUT2D eigenvalue weighted by atomic mass is 10.1. The number of unbranched alkanes of at least 4 members (excludes halogenated alkanes) is 9. The predicted octanol–water partition coefficient (Wildman–Crippen LogP) is 6.66. The molecular formula is C27H46ClN3OS. The van der Waals surface area contributed by atoms with E-state index in [1.807, 2.05) is 18.2 Å². The Hall–Kier alpha value is -0.880. The Morgan fingerprint density at radius 3 is 2.33 bits per heavy atom. The van der Waals surface area contributed by atoms with Gasteiger partial charge in [-0.1, -0.05) is 88.4 Å². The minimum absolute atomic E-state index is 0.782. The molecule has 0 radical (unpaired) electrons. The smallest absolute Gasteiger partial charge is 0.169 e. The van der Waals surface area contributed by atoms with Crippen molar-refractivity contribution in [3.8, 4) is 0 Å². The molecule has 1 aromatic carbocycles. The molecule has 1 aliphatic heterocycles. The molecule has 6 heteroatoms. The third kappa shape index (κ3) is 13.6. The lowest BCUT2D eigenvalue weighted by molar-refractivity contribution is 0.0367. The fourth-order valence-corrected chi connectivity index (χ4v) is 4.81. The second kappa shape index (κ2) is 18.4. The highest BCUT2D eigenvalue weighted by Crippen LogP contribution is 2.14. The van der Waals surface area contributed by atoms with Gasteiger partial charge in [-0.05, 0) is 42.8 Å². The van der Waals surface area contributed by atoms with Crippen molar-refractivity contribution in [3.05, 3.63) is 34.9 Å². The minimum atomic E-state index is 0.782. The molecule has 2 rings (SSSR count). The number of nitrogens with zero attached hydrogens (tertiary/aromatic N) is 2. The van der Waals surface area contributed by atoms with E-state index in [2.05, 4.69) is 28.1 Å². The Morgan fingerprint density at radius 1 is 1.00 bits per heavy atom. The molecule has 0 atom stereocenters. The molecular weight excluding hydrogens is 450 g/mol. The molecule has 33 heavy (non-hydrogen) atoms. The average Bonchev–Trinajstić information content (AvgIpc) is 2.82. The van der Waals surface area contributed by atoms with Crippen LogP contribution in [0.2, 0.25) is 5.02 Å². The van der Waals surface area contributed by atoms with Crippen LogP contribution in [0.25, 0.3) is 0 Å².